The van der Waals surface area contributed by atoms with Crippen LogP contribution in [-0.2, 0) is 63.3 Å². The molecule has 0 amide bonds. The molecule has 0 aliphatic heterocycles. The first-order valence-electron chi connectivity index (χ1n) is 32.3. The first kappa shape index (κ1) is 103. The fourth-order valence-electron chi connectivity index (χ4n) is 10.5. The minimum absolute atomic E-state index is 0. The molecule has 10 aromatic rings. The molecule has 10 rings (SSSR count). The second kappa shape index (κ2) is 49.0. The summed E-state index contributed by atoms with van der Waals surface area (Å²) in [6.45, 7) is 3.11. The maximum Gasteiger partial charge on any atom is 1.00 e. The first-order chi connectivity index (χ1) is 49.3. The Morgan fingerprint density at radius 3 is 0.706 bits per heavy atom. The van der Waals surface area contributed by atoms with Crippen LogP contribution in [0.5, 0.6) is 23.0 Å². The molecule has 0 saturated heterocycles. The monoisotopic (exact) mass is 1640 g/mol. The number of aliphatic hydroxyl groups excluding tert-OH is 1. The van der Waals surface area contributed by atoms with Gasteiger partial charge in [-0.2, -0.15) is 7.11 Å². The van der Waals surface area contributed by atoms with Crippen molar-refractivity contribution >= 4 is 75.4 Å². The van der Waals surface area contributed by atoms with E-state index in [9.17, 15) is 57.4 Å². The van der Waals surface area contributed by atoms with Crippen LogP contribution in [0.25, 0.3) is 89.7 Å². The third-order valence-electron chi connectivity index (χ3n) is 15.2. The van der Waals surface area contributed by atoms with E-state index in [1.54, 1.807) is 130 Å². The third kappa shape index (κ3) is 32.9. The molecule has 43 heteroatoms. The number of hydrogen-bond acceptors (Lipinski definition) is 26. The molecule has 0 fully saturated rings. The summed E-state index contributed by atoms with van der Waals surface area (Å²) in [5.74, 6) is 3.64. The molecule has 568 valence electrons. The van der Waals surface area contributed by atoms with Crippen molar-refractivity contribution in [3.8, 4) is 68.5 Å². The number of aliphatic hydroxyl groups is 1. The molecule has 0 aliphatic rings. The summed E-state index contributed by atoms with van der Waals surface area (Å²) in [5.41, 5.74) is 6.54. The van der Waals surface area contributed by atoms with Crippen LogP contribution in [0, 0.1) is 0 Å². The van der Waals surface area contributed by atoms with E-state index < -0.39 is 58.2 Å². The van der Waals surface area contributed by atoms with Gasteiger partial charge in [0.15, 0.2) is 0 Å². The predicted molar refractivity (Wildman–Crippen MR) is 380 cm³/mol. The van der Waals surface area contributed by atoms with Gasteiger partial charge in [-0.1, -0.05) is 48.5 Å². The van der Waals surface area contributed by atoms with Gasteiger partial charge in [0.2, 0.25) is 0 Å². The van der Waals surface area contributed by atoms with Gasteiger partial charge in [-0.3, -0.25) is 27.3 Å². The molecule has 4 aromatic heterocycles. The third-order valence-corrected chi connectivity index (χ3v) is 16.9. The Bertz CT molecular complexity index is 4040. The second-order valence-electron chi connectivity index (χ2n) is 24.1. The van der Waals surface area contributed by atoms with Gasteiger partial charge in [0.1, 0.15) is 73.2 Å². The van der Waals surface area contributed by atoms with Crippen molar-refractivity contribution in [1.82, 2.24) is 57.8 Å². The van der Waals surface area contributed by atoms with Crippen LogP contribution in [0.1, 0.15) is 25.7 Å². The summed E-state index contributed by atoms with van der Waals surface area (Å²) in [5, 5.41) is 15.2. The Balaban J connectivity index is 0.000000678. The summed E-state index contributed by atoms with van der Waals surface area (Å²) >= 11 is 0. The number of ether oxygens (including phenoxy) is 4. The van der Waals surface area contributed by atoms with Crippen molar-refractivity contribution in [2.75, 3.05) is 123 Å². The molecule has 109 heavy (non-hydrogen) atoms. The average molecular weight is 1640 g/mol. The molecular formula is C66H87N12Na5O22P4. The summed E-state index contributed by atoms with van der Waals surface area (Å²) in [7, 11) is -2.72. The predicted octanol–water partition coefficient (Wildman–Crippen LogP) is -9.89. The number of benzene rings is 6. The zero-order chi connectivity index (χ0) is 76.1. The van der Waals surface area contributed by atoms with Gasteiger partial charge in [0, 0.05) is 79.8 Å². The number of phosphoric acid groups is 4. The van der Waals surface area contributed by atoms with Gasteiger partial charge >= 0.3 is 163 Å². The number of nitrogens with zero attached hydrogens (tertiary/aromatic N) is 12. The van der Waals surface area contributed by atoms with Crippen LogP contribution < -0.4 is 191 Å². The fourth-order valence-corrected chi connectivity index (χ4v) is 11.6. The summed E-state index contributed by atoms with van der Waals surface area (Å²) in [6.07, 6.45) is 3.21. The number of imidazole rings is 4. The van der Waals surface area contributed by atoms with Crippen molar-refractivity contribution in [2.24, 2.45) is 0 Å². The van der Waals surface area contributed by atoms with Gasteiger partial charge in [0.25, 0.3) is 0 Å². The van der Waals surface area contributed by atoms with Crippen LogP contribution >= 0.6 is 31.3 Å². The molecule has 0 aliphatic carbocycles. The van der Waals surface area contributed by atoms with E-state index >= 15 is 0 Å². The minimum Gasteiger partial charge on any atom is -0.857 e. The summed E-state index contributed by atoms with van der Waals surface area (Å²) < 4.78 is 95.0. The first-order valence-corrected chi connectivity index (χ1v) is 38.2. The number of fused-ring (bicyclic) bond motifs is 4. The number of aromatic nitrogens is 8. The van der Waals surface area contributed by atoms with Gasteiger partial charge in [-0.05, 0) is 131 Å². The Kier molecular flexibility index (Phi) is 46.1. The number of hydrogen-bond donors (Lipinski definition) is 5. The van der Waals surface area contributed by atoms with Crippen LogP contribution in [0.15, 0.2) is 121 Å². The molecular weight excluding hydrogens is 1550 g/mol. The van der Waals surface area contributed by atoms with Gasteiger partial charge in [-0.25, -0.2) is 29.1 Å². The van der Waals surface area contributed by atoms with E-state index in [2.05, 4.69) is 28.8 Å². The smallest absolute Gasteiger partial charge is 0.857 e. The van der Waals surface area contributed by atoms with Crippen molar-refractivity contribution < 1.29 is 252 Å². The second-order valence-corrected chi connectivity index (χ2v) is 28.9. The largest absolute Gasteiger partial charge is 1.00 e. The van der Waals surface area contributed by atoms with Crippen LogP contribution in [-0.4, -0.2) is 206 Å². The molecule has 0 saturated carbocycles. The quantitative estimate of drug-likeness (QED) is 0.0138. The average Bonchev–Trinajstić information content (AvgIpc) is 1.64. The molecule has 0 spiro atoms. The van der Waals surface area contributed by atoms with E-state index in [4.69, 9.17) is 48.2 Å². The van der Waals surface area contributed by atoms with Gasteiger partial charge in [0.05, 0.1) is 86.2 Å². The molecule has 5 N–H and O–H groups in total. The Morgan fingerprint density at radius 2 is 0.532 bits per heavy atom. The van der Waals surface area contributed by atoms with Gasteiger partial charge in [-0.15, -0.1) is 0 Å². The molecule has 4 heterocycles. The Labute approximate surface area is 743 Å². The van der Waals surface area contributed by atoms with Crippen LogP contribution in [0.2, 0.25) is 0 Å². The maximum absolute atomic E-state index is 11.7. The van der Waals surface area contributed by atoms with E-state index in [1.165, 1.54) is 9.13 Å². The maximum atomic E-state index is 11.7. The SMILES string of the molecule is CN(C)CCCOc1ccc2nc(-c3ccc(-c4nc5ccc(OCCCN(C)C)cc5n4COP(=O)(O)O)cc3)n(COP(=O)(O)O)c2c1.CN(C)CCCOc1ccc2nc(-c3ccc(-c4nc5ccc(OCCCN(C)C)cc5n4COP(=O)([O-])[O-])cc3)n(COP(=O)([O-])[O-])c2c1.CO.C[O-].[Na+].[Na+].[Na+].[Na+].[Na+]. The van der Waals surface area contributed by atoms with E-state index in [-0.39, 0.29) is 148 Å². The van der Waals surface area contributed by atoms with Crippen molar-refractivity contribution in [3.05, 3.63) is 121 Å². The standard InChI is InChI=1S/2C32H42N6O10P2.CH4O.CH3O.5Na/c2*1-35(2)15-5-17-45-25-11-13-27-29(19-25)37(21-47-49(39,40)41)31(33-27)23-7-9-24(10-8-23)32-34-28-14-12-26(46-18-6-16-36(3)4)20-30(28)38(32)22-48-50(42,43)44;2*1-2;;;;;/h2*7-14,19-20H,5-6,15-18,21-22H2,1-4H3,(H2,39,40,41)(H2,42,43,44);2H,1H3;1H3;;;;;/q;;;-1;5*+1/p-4. The van der Waals surface area contributed by atoms with Crippen molar-refractivity contribution in [2.45, 2.75) is 52.6 Å². The summed E-state index contributed by atoms with van der Waals surface area (Å²) in [4.78, 5) is 111. The molecule has 0 radical (unpaired) electrons. The van der Waals surface area contributed by atoms with E-state index in [0.717, 1.165) is 66.1 Å². The Morgan fingerprint density at radius 1 is 0.339 bits per heavy atom. The van der Waals surface area contributed by atoms with E-state index in [1.807, 2.05) is 66.2 Å². The normalized spacial score (nSPS) is 11.6. The van der Waals surface area contributed by atoms with Crippen LogP contribution in [0.4, 0.5) is 0 Å². The van der Waals surface area contributed by atoms with Crippen LogP contribution in [0.3, 0.4) is 0 Å². The molecule has 0 bridgehead atoms. The summed E-state index contributed by atoms with van der Waals surface area (Å²) in [6, 6.07) is 34.8. The molecule has 0 atom stereocenters. The van der Waals surface area contributed by atoms with Gasteiger partial charge < -0.3 is 106 Å². The number of rotatable bonds is 36. The molecule has 0 unspecified atom stereocenters. The Hall–Kier alpha value is -2.40. The molecule has 34 nitrogen and oxygen atoms in total. The minimum atomic E-state index is -5.32. The van der Waals surface area contributed by atoms with Crippen molar-refractivity contribution in [3.63, 3.8) is 0 Å². The van der Waals surface area contributed by atoms with E-state index in [0.29, 0.717) is 139 Å². The number of phosphoric ester groups is 4. The zero-order valence-electron chi connectivity index (χ0n) is 64.2. The fraction of sp³-hybridized carbons (Fsp3) is 0.394. The topological polar surface area (TPSA) is 443 Å². The zero-order valence-corrected chi connectivity index (χ0v) is 77.8. The molecule has 6 aromatic carbocycles. The van der Waals surface area contributed by atoms with Crippen molar-refractivity contribution in [1.29, 1.82) is 0 Å².